The van der Waals surface area contributed by atoms with E-state index in [0.717, 1.165) is 55.2 Å². The summed E-state index contributed by atoms with van der Waals surface area (Å²) in [5, 5.41) is 6.83. The molecule has 5 heterocycles. The molecule has 3 aromatic rings. The SMILES string of the molecule is CCc1nc(C)c2nc(-c3cncc(F)c3)n(CC3C=NN(CCCN4CCCC4)C3)c2n1. The Morgan fingerprint density at radius 1 is 1.09 bits per heavy atom. The molecule has 1 saturated heterocycles. The smallest absolute Gasteiger partial charge is 0.164 e. The van der Waals surface area contributed by atoms with E-state index in [1.165, 1.54) is 38.2 Å². The Balaban J connectivity index is 1.37. The van der Waals surface area contributed by atoms with Crippen LogP contribution in [0.3, 0.4) is 0 Å². The number of nitrogens with zero attached hydrogens (tertiary/aromatic N) is 8. The molecule has 9 heteroatoms. The molecule has 0 aromatic carbocycles. The third-order valence-corrected chi connectivity index (χ3v) is 6.49. The number of hydrazone groups is 1. The number of aryl methyl sites for hydroxylation is 2. The normalized spacial score (nSPS) is 18.8. The summed E-state index contributed by atoms with van der Waals surface area (Å²) >= 11 is 0. The fraction of sp³-hybridized carbons (Fsp3) is 0.542. The third-order valence-electron chi connectivity index (χ3n) is 6.49. The molecule has 1 fully saturated rings. The first-order valence-corrected chi connectivity index (χ1v) is 12.0. The Bertz CT molecular complexity index is 1150. The number of imidazole rings is 1. The minimum absolute atomic E-state index is 0.231. The molecule has 1 unspecified atom stereocenters. The Morgan fingerprint density at radius 3 is 2.73 bits per heavy atom. The molecule has 3 aromatic heterocycles. The summed E-state index contributed by atoms with van der Waals surface area (Å²) in [6.45, 7) is 10.1. The monoisotopic (exact) mass is 450 g/mol. The van der Waals surface area contributed by atoms with Crippen LogP contribution in [0.4, 0.5) is 4.39 Å². The van der Waals surface area contributed by atoms with Crippen molar-refractivity contribution < 1.29 is 4.39 Å². The van der Waals surface area contributed by atoms with Crippen LogP contribution in [0.15, 0.2) is 23.6 Å². The van der Waals surface area contributed by atoms with Crippen LogP contribution in [0.5, 0.6) is 0 Å². The van der Waals surface area contributed by atoms with Gasteiger partial charge in [0.25, 0.3) is 0 Å². The Morgan fingerprint density at radius 2 is 1.94 bits per heavy atom. The second kappa shape index (κ2) is 9.51. The third kappa shape index (κ3) is 4.73. The average molecular weight is 451 g/mol. The summed E-state index contributed by atoms with van der Waals surface area (Å²) in [5.41, 5.74) is 3.02. The number of rotatable bonds is 8. The van der Waals surface area contributed by atoms with Crippen molar-refractivity contribution in [2.75, 3.05) is 32.7 Å². The summed E-state index contributed by atoms with van der Waals surface area (Å²) < 4.78 is 16.1. The highest BCUT2D eigenvalue weighted by molar-refractivity contribution is 5.79. The summed E-state index contributed by atoms with van der Waals surface area (Å²) in [6.07, 6.45) is 9.42. The van der Waals surface area contributed by atoms with E-state index >= 15 is 0 Å². The summed E-state index contributed by atoms with van der Waals surface area (Å²) in [7, 11) is 0. The van der Waals surface area contributed by atoms with Crippen LogP contribution < -0.4 is 0 Å². The van der Waals surface area contributed by atoms with Crippen LogP contribution in [-0.4, -0.2) is 73.4 Å². The minimum Gasteiger partial charge on any atom is -0.308 e. The van der Waals surface area contributed by atoms with Crippen molar-refractivity contribution in [2.45, 2.75) is 46.1 Å². The van der Waals surface area contributed by atoms with E-state index in [1.807, 2.05) is 20.1 Å². The van der Waals surface area contributed by atoms with E-state index in [-0.39, 0.29) is 11.7 Å². The number of fused-ring (bicyclic) bond motifs is 1. The van der Waals surface area contributed by atoms with E-state index in [4.69, 9.17) is 9.97 Å². The first kappa shape index (κ1) is 21.9. The topological polar surface area (TPSA) is 75.3 Å². The molecule has 0 spiro atoms. The number of likely N-dealkylation sites (tertiary alicyclic amines) is 1. The molecule has 1 atom stereocenters. The Labute approximate surface area is 193 Å². The summed E-state index contributed by atoms with van der Waals surface area (Å²) in [4.78, 5) is 20.8. The second-order valence-corrected chi connectivity index (χ2v) is 9.03. The zero-order valence-electron chi connectivity index (χ0n) is 19.4. The van der Waals surface area contributed by atoms with Crippen LogP contribution in [-0.2, 0) is 13.0 Å². The van der Waals surface area contributed by atoms with Gasteiger partial charge in [-0.1, -0.05) is 6.92 Å². The molecule has 33 heavy (non-hydrogen) atoms. The fourth-order valence-electron chi connectivity index (χ4n) is 4.80. The van der Waals surface area contributed by atoms with Crippen molar-refractivity contribution in [1.29, 1.82) is 0 Å². The Kier molecular flexibility index (Phi) is 6.30. The molecule has 0 N–H and O–H groups in total. The van der Waals surface area contributed by atoms with Gasteiger partial charge in [-0.3, -0.25) is 9.99 Å². The van der Waals surface area contributed by atoms with E-state index in [0.29, 0.717) is 17.9 Å². The number of hydrogen-bond acceptors (Lipinski definition) is 7. The largest absolute Gasteiger partial charge is 0.308 e. The van der Waals surface area contributed by atoms with Gasteiger partial charge < -0.3 is 9.47 Å². The van der Waals surface area contributed by atoms with E-state index < -0.39 is 0 Å². The Hall–Kier alpha value is -2.94. The number of pyridine rings is 1. The predicted octanol–water partition coefficient (Wildman–Crippen LogP) is 3.30. The van der Waals surface area contributed by atoms with E-state index in [2.05, 4.69) is 29.5 Å². The zero-order valence-corrected chi connectivity index (χ0v) is 19.4. The molecule has 0 aliphatic carbocycles. The number of aromatic nitrogens is 5. The van der Waals surface area contributed by atoms with Gasteiger partial charge in [-0.05, 0) is 51.9 Å². The van der Waals surface area contributed by atoms with Crippen molar-refractivity contribution >= 4 is 17.4 Å². The molecule has 8 nitrogen and oxygen atoms in total. The second-order valence-electron chi connectivity index (χ2n) is 9.03. The van der Waals surface area contributed by atoms with Gasteiger partial charge in [0.1, 0.15) is 23.0 Å². The van der Waals surface area contributed by atoms with Crippen molar-refractivity contribution in [3.05, 3.63) is 35.8 Å². The molecule has 2 aliphatic heterocycles. The van der Waals surface area contributed by atoms with Crippen molar-refractivity contribution in [3.63, 3.8) is 0 Å². The highest BCUT2D eigenvalue weighted by Gasteiger charge is 2.24. The molecular weight excluding hydrogens is 419 g/mol. The highest BCUT2D eigenvalue weighted by Crippen LogP contribution is 2.27. The first-order chi connectivity index (χ1) is 16.1. The van der Waals surface area contributed by atoms with E-state index in [1.54, 1.807) is 6.20 Å². The summed E-state index contributed by atoms with van der Waals surface area (Å²) in [6, 6.07) is 1.47. The van der Waals surface area contributed by atoms with E-state index in [9.17, 15) is 4.39 Å². The lowest BCUT2D eigenvalue weighted by atomic mass is 10.1. The molecule has 174 valence electrons. The standard InChI is InChI=1S/C24H31FN8/c1-3-21-28-17(2)22-24(29-21)33(23(30-22)19-11-20(25)14-26-13-19)16-18-12-27-32(15-18)10-6-9-31-7-4-5-8-31/h11-14,18H,3-10,15-16H2,1-2H3. The van der Waals surface area contributed by atoms with Crippen LogP contribution in [0.2, 0.25) is 0 Å². The van der Waals surface area contributed by atoms with Crippen molar-refractivity contribution in [2.24, 2.45) is 11.0 Å². The average Bonchev–Trinajstić information content (AvgIpc) is 3.55. The van der Waals surface area contributed by atoms with Gasteiger partial charge >= 0.3 is 0 Å². The van der Waals surface area contributed by atoms with Crippen LogP contribution in [0, 0.1) is 18.7 Å². The minimum atomic E-state index is -0.380. The lowest BCUT2D eigenvalue weighted by Crippen LogP contribution is -2.27. The molecule has 0 bridgehead atoms. The number of hydrogen-bond donors (Lipinski definition) is 0. The van der Waals surface area contributed by atoms with Gasteiger partial charge in [0.15, 0.2) is 5.65 Å². The van der Waals surface area contributed by atoms with Gasteiger partial charge in [0.05, 0.1) is 11.9 Å². The fourth-order valence-corrected chi connectivity index (χ4v) is 4.80. The maximum Gasteiger partial charge on any atom is 0.164 e. The van der Waals surface area contributed by atoms with Gasteiger partial charge in [0, 0.05) is 49.9 Å². The molecule has 2 aliphatic rings. The molecule has 0 radical (unpaired) electrons. The number of halogens is 1. The maximum absolute atomic E-state index is 14.0. The van der Waals surface area contributed by atoms with Gasteiger partial charge in [-0.2, -0.15) is 5.10 Å². The van der Waals surface area contributed by atoms with Crippen molar-refractivity contribution in [1.82, 2.24) is 34.4 Å². The van der Waals surface area contributed by atoms with Gasteiger partial charge in [-0.25, -0.2) is 19.3 Å². The summed E-state index contributed by atoms with van der Waals surface area (Å²) in [5.74, 6) is 1.31. The molecule has 5 rings (SSSR count). The van der Waals surface area contributed by atoms with Crippen LogP contribution >= 0.6 is 0 Å². The van der Waals surface area contributed by atoms with Crippen LogP contribution in [0.1, 0.15) is 37.7 Å². The van der Waals surface area contributed by atoms with Gasteiger partial charge in [-0.15, -0.1) is 0 Å². The predicted molar refractivity (Wildman–Crippen MR) is 126 cm³/mol. The van der Waals surface area contributed by atoms with Crippen LogP contribution in [0.25, 0.3) is 22.6 Å². The molecule has 0 amide bonds. The zero-order chi connectivity index (χ0) is 22.8. The highest BCUT2D eigenvalue weighted by atomic mass is 19.1. The van der Waals surface area contributed by atoms with Gasteiger partial charge in [0.2, 0.25) is 0 Å². The quantitative estimate of drug-likeness (QED) is 0.524. The first-order valence-electron chi connectivity index (χ1n) is 12.0. The van der Waals surface area contributed by atoms with Crippen molar-refractivity contribution in [3.8, 4) is 11.4 Å². The molecule has 0 saturated carbocycles. The lowest BCUT2D eigenvalue weighted by molar-refractivity contribution is 0.255. The maximum atomic E-state index is 14.0. The molecular formula is C24H31FN8. The lowest BCUT2D eigenvalue weighted by Gasteiger charge is -2.19.